The maximum Gasteiger partial charge on any atom is 0.471 e. The zero-order valence-corrected chi connectivity index (χ0v) is 9.16. The van der Waals surface area contributed by atoms with Crippen LogP contribution in [0, 0.1) is 5.92 Å². The van der Waals surface area contributed by atoms with Gasteiger partial charge in [-0.25, -0.2) is 0 Å². The fraction of sp³-hybridized carbons (Fsp3) is 0.900. The molecule has 0 aromatic carbocycles. The van der Waals surface area contributed by atoms with E-state index in [1.54, 1.807) is 0 Å². The fourth-order valence-electron chi connectivity index (χ4n) is 1.28. The zero-order chi connectivity index (χ0) is 11.9. The lowest BCUT2D eigenvalue weighted by Gasteiger charge is -2.15. The molecule has 0 aromatic heterocycles. The Bertz CT molecular complexity index is 192. The van der Waals surface area contributed by atoms with Crippen LogP contribution in [0.4, 0.5) is 13.2 Å². The van der Waals surface area contributed by atoms with Gasteiger partial charge in [0.15, 0.2) is 0 Å². The Morgan fingerprint density at radius 2 is 1.93 bits per heavy atom. The first-order valence-corrected chi connectivity index (χ1v) is 5.26. The average molecular weight is 225 g/mol. The minimum Gasteiger partial charge on any atom is -0.348 e. The Labute approximate surface area is 88.2 Å². The molecule has 1 amide bonds. The van der Waals surface area contributed by atoms with Gasteiger partial charge >= 0.3 is 12.1 Å². The van der Waals surface area contributed by atoms with E-state index < -0.39 is 12.1 Å². The van der Waals surface area contributed by atoms with E-state index in [-0.39, 0.29) is 12.5 Å². The monoisotopic (exact) mass is 225 g/mol. The molecule has 0 aliphatic heterocycles. The second kappa shape index (κ2) is 6.69. The summed E-state index contributed by atoms with van der Waals surface area (Å²) in [5, 5.41) is 1.92. The molecule has 0 aliphatic rings. The Balaban J connectivity index is 3.85. The van der Waals surface area contributed by atoms with Crippen LogP contribution in [0.3, 0.4) is 0 Å². The highest BCUT2D eigenvalue weighted by Crippen LogP contribution is 2.16. The van der Waals surface area contributed by atoms with E-state index in [0.29, 0.717) is 0 Å². The summed E-state index contributed by atoms with van der Waals surface area (Å²) in [5.74, 6) is -1.69. The van der Waals surface area contributed by atoms with Crippen molar-refractivity contribution in [3.05, 3.63) is 0 Å². The molecule has 2 nitrogen and oxygen atoms in total. The first kappa shape index (κ1) is 14.3. The molecular formula is C10H18F3NO. The standard InChI is InChI=1S/C10H18F3NO/c1-3-5-6-8(4-2)7-14-9(15)10(11,12)13/h8H,3-7H2,1-2H3,(H,14,15). The topological polar surface area (TPSA) is 29.1 Å². The van der Waals surface area contributed by atoms with Crippen LogP contribution in [-0.4, -0.2) is 18.6 Å². The van der Waals surface area contributed by atoms with Gasteiger partial charge in [0.05, 0.1) is 0 Å². The molecule has 0 saturated carbocycles. The van der Waals surface area contributed by atoms with E-state index in [1.165, 1.54) is 0 Å². The molecule has 0 heterocycles. The van der Waals surface area contributed by atoms with Gasteiger partial charge in [-0.05, 0) is 12.3 Å². The number of carbonyl (C=O) groups is 1. The van der Waals surface area contributed by atoms with E-state index in [4.69, 9.17) is 0 Å². The van der Waals surface area contributed by atoms with Crippen molar-refractivity contribution >= 4 is 5.91 Å². The van der Waals surface area contributed by atoms with Gasteiger partial charge in [0.25, 0.3) is 0 Å². The lowest BCUT2D eigenvalue weighted by molar-refractivity contribution is -0.173. The Hall–Kier alpha value is -0.740. The van der Waals surface area contributed by atoms with E-state index in [2.05, 4.69) is 0 Å². The number of hydrogen-bond donors (Lipinski definition) is 1. The molecule has 0 radical (unpaired) electrons. The minimum atomic E-state index is -4.76. The van der Waals surface area contributed by atoms with Crippen molar-refractivity contribution in [1.29, 1.82) is 0 Å². The molecule has 0 rings (SSSR count). The number of unbranched alkanes of at least 4 members (excludes halogenated alkanes) is 1. The van der Waals surface area contributed by atoms with Crippen LogP contribution in [0.1, 0.15) is 39.5 Å². The van der Waals surface area contributed by atoms with Crippen LogP contribution in [0.15, 0.2) is 0 Å². The first-order valence-electron chi connectivity index (χ1n) is 5.26. The van der Waals surface area contributed by atoms with E-state index >= 15 is 0 Å². The fourth-order valence-corrected chi connectivity index (χ4v) is 1.28. The molecule has 0 bridgehead atoms. The third kappa shape index (κ3) is 6.36. The van der Waals surface area contributed by atoms with Crippen LogP contribution in [0.25, 0.3) is 0 Å². The molecule has 0 saturated heterocycles. The van der Waals surface area contributed by atoms with Gasteiger partial charge in [-0.1, -0.05) is 33.1 Å². The molecule has 1 unspecified atom stereocenters. The van der Waals surface area contributed by atoms with Crippen LogP contribution in [-0.2, 0) is 4.79 Å². The number of carbonyl (C=O) groups excluding carboxylic acids is 1. The van der Waals surface area contributed by atoms with Gasteiger partial charge in [-0.2, -0.15) is 13.2 Å². The van der Waals surface area contributed by atoms with Crippen molar-refractivity contribution in [1.82, 2.24) is 5.32 Å². The van der Waals surface area contributed by atoms with Crippen molar-refractivity contribution in [2.75, 3.05) is 6.54 Å². The van der Waals surface area contributed by atoms with Crippen molar-refractivity contribution in [2.45, 2.75) is 45.7 Å². The van der Waals surface area contributed by atoms with Crippen LogP contribution >= 0.6 is 0 Å². The molecule has 5 heteroatoms. The highest BCUT2D eigenvalue weighted by atomic mass is 19.4. The summed E-state index contributed by atoms with van der Waals surface area (Å²) in [6.45, 7) is 4.07. The summed E-state index contributed by atoms with van der Waals surface area (Å²) in [6.07, 6.45) is -1.10. The molecule has 1 atom stereocenters. The maximum atomic E-state index is 11.8. The summed E-state index contributed by atoms with van der Waals surface area (Å²) in [6, 6.07) is 0. The molecule has 90 valence electrons. The van der Waals surface area contributed by atoms with Gasteiger partial charge in [0.2, 0.25) is 0 Å². The number of nitrogens with one attached hydrogen (secondary N) is 1. The third-order valence-electron chi connectivity index (χ3n) is 2.35. The summed E-state index contributed by atoms with van der Waals surface area (Å²) in [7, 11) is 0. The Kier molecular flexibility index (Phi) is 6.36. The largest absolute Gasteiger partial charge is 0.471 e. The number of rotatable bonds is 6. The number of halogens is 3. The zero-order valence-electron chi connectivity index (χ0n) is 9.16. The van der Waals surface area contributed by atoms with Crippen molar-refractivity contribution in [2.24, 2.45) is 5.92 Å². The molecule has 15 heavy (non-hydrogen) atoms. The predicted octanol–water partition coefficient (Wildman–Crippen LogP) is 2.88. The summed E-state index contributed by atoms with van der Waals surface area (Å²) in [5.41, 5.74) is 0. The number of hydrogen-bond acceptors (Lipinski definition) is 1. The SMILES string of the molecule is CCCCC(CC)CNC(=O)C(F)(F)F. The molecular weight excluding hydrogens is 207 g/mol. The summed E-state index contributed by atoms with van der Waals surface area (Å²) >= 11 is 0. The lowest BCUT2D eigenvalue weighted by atomic mass is 9.99. The second-order valence-corrected chi connectivity index (χ2v) is 3.62. The number of alkyl halides is 3. The molecule has 1 N–H and O–H groups in total. The van der Waals surface area contributed by atoms with E-state index in [9.17, 15) is 18.0 Å². The van der Waals surface area contributed by atoms with Crippen LogP contribution in [0.2, 0.25) is 0 Å². The highest BCUT2D eigenvalue weighted by Gasteiger charge is 2.38. The molecule has 0 aliphatic carbocycles. The van der Waals surface area contributed by atoms with Crippen molar-refractivity contribution in [3.63, 3.8) is 0 Å². The third-order valence-corrected chi connectivity index (χ3v) is 2.35. The van der Waals surface area contributed by atoms with Crippen LogP contribution in [0.5, 0.6) is 0 Å². The Morgan fingerprint density at radius 1 is 1.33 bits per heavy atom. The maximum absolute atomic E-state index is 11.8. The van der Waals surface area contributed by atoms with Gasteiger partial charge in [0.1, 0.15) is 0 Å². The van der Waals surface area contributed by atoms with Gasteiger partial charge in [0, 0.05) is 6.54 Å². The number of amides is 1. The van der Waals surface area contributed by atoms with Crippen molar-refractivity contribution < 1.29 is 18.0 Å². The summed E-state index contributed by atoms with van der Waals surface area (Å²) in [4.78, 5) is 10.5. The minimum absolute atomic E-state index is 0.120. The second-order valence-electron chi connectivity index (χ2n) is 3.62. The predicted molar refractivity (Wildman–Crippen MR) is 52.4 cm³/mol. The van der Waals surface area contributed by atoms with Gasteiger partial charge < -0.3 is 5.32 Å². The summed E-state index contributed by atoms with van der Waals surface area (Å²) < 4.78 is 35.5. The van der Waals surface area contributed by atoms with Gasteiger partial charge in [-0.15, -0.1) is 0 Å². The van der Waals surface area contributed by atoms with E-state index in [1.807, 2.05) is 19.2 Å². The highest BCUT2D eigenvalue weighted by molar-refractivity contribution is 5.81. The molecule has 0 fully saturated rings. The lowest BCUT2D eigenvalue weighted by Crippen LogP contribution is -2.39. The van der Waals surface area contributed by atoms with Crippen LogP contribution < -0.4 is 5.32 Å². The molecule has 0 aromatic rings. The normalized spacial score (nSPS) is 13.7. The quantitative estimate of drug-likeness (QED) is 0.740. The van der Waals surface area contributed by atoms with Gasteiger partial charge in [-0.3, -0.25) is 4.79 Å². The first-order chi connectivity index (χ1) is 6.91. The average Bonchev–Trinajstić information content (AvgIpc) is 2.16. The Morgan fingerprint density at radius 3 is 2.33 bits per heavy atom. The van der Waals surface area contributed by atoms with E-state index in [0.717, 1.165) is 25.7 Å². The van der Waals surface area contributed by atoms with Crippen molar-refractivity contribution in [3.8, 4) is 0 Å². The smallest absolute Gasteiger partial charge is 0.348 e. The molecule has 0 spiro atoms.